The van der Waals surface area contributed by atoms with E-state index >= 15 is 0 Å². The summed E-state index contributed by atoms with van der Waals surface area (Å²) in [5.41, 5.74) is -1.51. The van der Waals surface area contributed by atoms with E-state index in [9.17, 15) is 27.2 Å². The van der Waals surface area contributed by atoms with Crippen LogP contribution in [0.4, 0.5) is 17.6 Å². The van der Waals surface area contributed by atoms with Crippen LogP contribution in [0.15, 0.2) is 18.2 Å². The van der Waals surface area contributed by atoms with Crippen molar-refractivity contribution in [3.63, 3.8) is 0 Å². The summed E-state index contributed by atoms with van der Waals surface area (Å²) in [6.07, 6.45) is -1.43. The number of carbonyl (C=O) groups excluding carboxylic acids is 2. The first-order valence-corrected chi connectivity index (χ1v) is 8.91. The Morgan fingerprint density at radius 1 is 1.07 bits per heavy atom. The summed E-state index contributed by atoms with van der Waals surface area (Å²) >= 11 is 0. The molecular weight excluding hydrogens is 368 g/mol. The minimum Gasteiger partial charge on any atom is -0.463 e. The minimum absolute atomic E-state index is 0.0295. The predicted molar refractivity (Wildman–Crippen MR) is 90.6 cm³/mol. The molecular formula is C19H24F4O4. The van der Waals surface area contributed by atoms with Gasteiger partial charge in [0, 0.05) is 12.8 Å². The van der Waals surface area contributed by atoms with Crippen LogP contribution < -0.4 is 4.74 Å². The van der Waals surface area contributed by atoms with Crippen LogP contribution >= 0.6 is 0 Å². The monoisotopic (exact) mass is 392 g/mol. The van der Waals surface area contributed by atoms with Crippen molar-refractivity contribution in [3.8, 4) is 5.75 Å². The van der Waals surface area contributed by atoms with Gasteiger partial charge in [0.25, 0.3) is 0 Å². The smallest absolute Gasteiger partial charge is 0.419 e. The van der Waals surface area contributed by atoms with Crippen molar-refractivity contribution >= 4 is 11.9 Å². The summed E-state index contributed by atoms with van der Waals surface area (Å²) in [7, 11) is 0. The number of ether oxygens (including phenoxy) is 2. The quantitative estimate of drug-likeness (QED) is 0.231. The summed E-state index contributed by atoms with van der Waals surface area (Å²) in [5, 5.41) is 0. The van der Waals surface area contributed by atoms with Gasteiger partial charge in [0.2, 0.25) is 0 Å². The van der Waals surface area contributed by atoms with Crippen LogP contribution in [0.2, 0.25) is 0 Å². The van der Waals surface area contributed by atoms with Gasteiger partial charge < -0.3 is 9.47 Å². The molecule has 0 bridgehead atoms. The Balaban J connectivity index is 2.41. The first kappa shape index (κ1) is 22.9. The number of halogens is 4. The van der Waals surface area contributed by atoms with Crippen molar-refractivity contribution in [1.82, 2.24) is 0 Å². The van der Waals surface area contributed by atoms with Crippen molar-refractivity contribution in [2.75, 3.05) is 0 Å². The van der Waals surface area contributed by atoms with Gasteiger partial charge in [-0.2, -0.15) is 13.2 Å². The molecule has 1 aromatic carbocycles. The third-order valence-electron chi connectivity index (χ3n) is 3.80. The number of hydrogen-bond acceptors (Lipinski definition) is 4. The molecule has 1 aromatic rings. The Morgan fingerprint density at radius 3 is 2.37 bits per heavy atom. The van der Waals surface area contributed by atoms with Gasteiger partial charge in [-0.1, -0.05) is 25.8 Å². The predicted octanol–water partition coefficient (Wildman–Crippen LogP) is 5.43. The first-order chi connectivity index (χ1) is 12.6. The van der Waals surface area contributed by atoms with Crippen molar-refractivity contribution in [3.05, 3.63) is 29.6 Å². The second-order valence-electron chi connectivity index (χ2n) is 6.24. The van der Waals surface area contributed by atoms with Crippen LogP contribution in [0.5, 0.6) is 5.75 Å². The molecule has 0 radical (unpaired) electrons. The van der Waals surface area contributed by atoms with Crippen molar-refractivity contribution in [1.29, 1.82) is 0 Å². The molecule has 4 nitrogen and oxygen atoms in total. The van der Waals surface area contributed by atoms with E-state index < -0.39 is 35.2 Å². The molecule has 152 valence electrons. The second kappa shape index (κ2) is 10.9. The van der Waals surface area contributed by atoms with Crippen LogP contribution in [0.25, 0.3) is 0 Å². The van der Waals surface area contributed by atoms with Gasteiger partial charge in [0.1, 0.15) is 0 Å². The average Bonchev–Trinajstić information content (AvgIpc) is 2.55. The van der Waals surface area contributed by atoms with Gasteiger partial charge in [0.15, 0.2) is 11.6 Å². The zero-order chi connectivity index (χ0) is 20.4. The van der Waals surface area contributed by atoms with E-state index in [2.05, 4.69) is 11.7 Å². The molecule has 0 spiro atoms. The number of unbranched alkanes of at least 4 members (excludes halogenated alkanes) is 2. The maximum atomic E-state index is 13.8. The van der Waals surface area contributed by atoms with Gasteiger partial charge >= 0.3 is 18.1 Å². The van der Waals surface area contributed by atoms with Crippen LogP contribution in [0, 0.1) is 5.82 Å². The molecule has 1 atom stereocenters. The molecule has 0 amide bonds. The highest BCUT2D eigenvalue weighted by atomic mass is 19.4. The fourth-order valence-corrected chi connectivity index (χ4v) is 2.38. The normalized spacial score (nSPS) is 12.5. The lowest BCUT2D eigenvalue weighted by Gasteiger charge is -2.13. The molecule has 0 fully saturated rings. The summed E-state index contributed by atoms with van der Waals surface area (Å²) in [6.45, 7) is 3.86. The lowest BCUT2D eigenvalue weighted by Crippen LogP contribution is -2.16. The topological polar surface area (TPSA) is 52.6 Å². The standard InChI is InChI=1S/C19H24F4O4/c1-3-4-5-8-13(2)26-16(24)11-7-12-17(25)27-15-10-6-9-14(18(15)20)19(21,22)23/h6,9-10,13H,3-5,7-8,11-12H2,1-2H3. The summed E-state index contributed by atoms with van der Waals surface area (Å²) in [5.74, 6) is -3.81. The van der Waals surface area contributed by atoms with Gasteiger partial charge in [-0.25, -0.2) is 4.39 Å². The van der Waals surface area contributed by atoms with Gasteiger partial charge in [0.05, 0.1) is 11.7 Å². The van der Waals surface area contributed by atoms with E-state index in [1.165, 1.54) is 0 Å². The molecule has 0 aromatic heterocycles. The van der Waals surface area contributed by atoms with E-state index in [4.69, 9.17) is 4.74 Å². The van der Waals surface area contributed by atoms with E-state index in [0.29, 0.717) is 6.07 Å². The maximum absolute atomic E-state index is 13.8. The van der Waals surface area contributed by atoms with Crippen molar-refractivity contribution in [2.24, 2.45) is 0 Å². The van der Waals surface area contributed by atoms with E-state index in [1.54, 1.807) is 6.92 Å². The Hall–Kier alpha value is -2.12. The summed E-state index contributed by atoms with van der Waals surface area (Å²) < 4.78 is 61.5. The van der Waals surface area contributed by atoms with Crippen LogP contribution in [0.1, 0.15) is 64.4 Å². The number of carbonyl (C=O) groups is 2. The highest BCUT2D eigenvalue weighted by Crippen LogP contribution is 2.34. The molecule has 27 heavy (non-hydrogen) atoms. The first-order valence-electron chi connectivity index (χ1n) is 8.91. The molecule has 0 aliphatic carbocycles. The molecule has 8 heteroatoms. The number of hydrogen-bond donors (Lipinski definition) is 0. The molecule has 0 N–H and O–H groups in total. The van der Waals surface area contributed by atoms with Gasteiger partial charge in [-0.3, -0.25) is 9.59 Å². The Bertz CT molecular complexity index is 629. The SMILES string of the molecule is CCCCCC(C)OC(=O)CCCC(=O)Oc1cccc(C(F)(F)F)c1F. The number of esters is 2. The Morgan fingerprint density at radius 2 is 1.74 bits per heavy atom. The third kappa shape index (κ3) is 8.41. The van der Waals surface area contributed by atoms with Gasteiger partial charge in [-0.15, -0.1) is 0 Å². The zero-order valence-corrected chi connectivity index (χ0v) is 15.4. The molecule has 0 heterocycles. The Kier molecular flexibility index (Phi) is 9.25. The number of benzene rings is 1. The zero-order valence-electron chi connectivity index (χ0n) is 15.4. The van der Waals surface area contributed by atoms with Crippen LogP contribution in [-0.4, -0.2) is 18.0 Å². The molecule has 0 aliphatic rings. The average molecular weight is 392 g/mol. The van der Waals surface area contributed by atoms with E-state index in [0.717, 1.165) is 37.8 Å². The van der Waals surface area contributed by atoms with Crippen LogP contribution in [-0.2, 0) is 20.5 Å². The molecule has 0 aliphatic heterocycles. The minimum atomic E-state index is -4.88. The highest BCUT2D eigenvalue weighted by molar-refractivity contribution is 5.74. The number of rotatable bonds is 10. The molecule has 1 rings (SSSR count). The fraction of sp³-hybridized carbons (Fsp3) is 0.579. The largest absolute Gasteiger partial charge is 0.463 e. The van der Waals surface area contributed by atoms with Gasteiger partial charge in [-0.05, 0) is 38.3 Å². The highest BCUT2D eigenvalue weighted by Gasteiger charge is 2.35. The molecule has 1 unspecified atom stereocenters. The van der Waals surface area contributed by atoms with Crippen molar-refractivity contribution in [2.45, 2.75) is 71.1 Å². The number of alkyl halides is 3. The Labute approximate surface area is 155 Å². The lowest BCUT2D eigenvalue weighted by molar-refractivity contribution is -0.149. The lowest BCUT2D eigenvalue weighted by atomic mass is 10.1. The fourth-order valence-electron chi connectivity index (χ4n) is 2.38. The third-order valence-corrected chi connectivity index (χ3v) is 3.80. The summed E-state index contributed by atoms with van der Waals surface area (Å²) in [6, 6.07) is 2.45. The maximum Gasteiger partial charge on any atom is 0.419 e. The summed E-state index contributed by atoms with van der Waals surface area (Å²) in [4.78, 5) is 23.4. The molecule has 0 saturated carbocycles. The molecule has 0 saturated heterocycles. The van der Waals surface area contributed by atoms with E-state index in [1.807, 2.05) is 0 Å². The van der Waals surface area contributed by atoms with Crippen molar-refractivity contribution < 1.29 is 36.6 Å². The second-order valence-corrected chi connectivity index (χ2v) is 6.24. The van der Waals surface area contributed by atoms with Crippen LogP contribution in [0.3, 0.4) is 0 Å². The van der Waals surface area contributed by atoms with E-state index in [-0.39, 0.29) is 25.4 Å².